The van der Waals surface area contributed by atoms with Gasteiger partial charge >= 0.3 is 0 Å². The first-order valence-electron chi connectivity index (χ1n) is 4.94. The predicted molar refractivity (Wildman–Crippen MR) is 61.3 cm³/mol. The summed E-state index contributed by atoms with van der Waals surface area (Å²) in [5.74, 6) is -0.102. The van der Waals surface area contributed by atoms with Crippen molar-refractivity contribution in [1.82, 2.24) is 5.32 Å². The number of rotatable bonds is 4. The highest BCUT2D eigenvalue weighted by Crippen LogP contribution is 2.15. The zero-order valence-corrected chi connectivity index (χ0v) is 9.98. The average molecular weight is 225 g/mol. The Morgan fingerprint density at radius 3 is 2.67 bits per heavy atom. The zero-order valence-electron chi connectivity index (χ0n) is 9.16. The van der Waals surface area contributed by atoms with Crippen molar-refractivity contribution in [3.63, 3.8) is 0 Å². The van der Waals surface area contributed by atoms with Crippen molar-refractivity contribution in [2.75, 3.05) is 0 Å². The van der Waals surface area contributed by atoms with Gasteiger partial charge in [-0.1, -0.05) is 6.92 Å². The minimum Gasteiger partial charge on any atom is -0.342 e. The van der Waals surface area contributed by atoms with Gasteiger partial charge in [0.2, 0.25) is 0 Å². The van der Waals surface area contributed by atoms with Crippen LogP contribution in [0.25, 0.3) is 0 Å². The SMILES string of the molecule is CCC(=O)C(C)NC(=O)c1sccc1C. The molecule has 0 radical (unpaired) electrons. The number of ketones is 1. The molecule has 1 rings (SSSR count). The molecule has 0 aliphatic carbocycles. The number of aryl methyl sites for hydroxylation is 1. The van der Waals surface area contributed by atoms with Gasteiger partial charge in [0.15, 0.2) is 5.78 Å². The zero-order chi connectivity index (χ0) is 11.4. The van der Waals surface area contributed by atoms with Crippen LogP contribution in [0.2, 0.25) is 0 Å². The van der Waals surface area contributed by atoms with Crippen molar-refractivity contribution in [2.45, 2.75) is 33.2 Å². The lowest BCUT2D eigenvalue weighted by atomic mass is 10.1. The third-order valence-electron chi connectivity index (χ3n) is 2.25. The number of nitrogens with one attached hydrogen (secondary N) is 1. The van der Waals surface area contributed by atoms with E-state index in [0.29, 0.717) is 11.3 Å². The van der Waals surface area contributed by atoms with E-state index in [1.807, 2.05) is 18.4 Å². The van der Waals surface area contributed by atoms with E-state index in [-0.39, 0.29) is 11.7 Å². The van der Waals surface area contributed by atoms with Gasteiger partial charge in [0.1, 0.15) is 0 Å². The van der Waals surface area contributed by atoms with Crippen molar-refractivity contribution in [1.29, 1.82) is 0 Å². The van der Waals surface area contributed by atoms with Gasteiger partial charge in [-0.15, -0.1) is 11.3 Å². The number of hydrogen-bond donors (Lipinski definition) is 1. The first kappa shape index (κ1) is 11.9. The normalized spacial score (nSPS) is 12.2. The minimum atomic E-state index is -0.399. The summed E-state index contributed by atoms with van der Waals surface area (Å²) in [6.07, 6.45) is 0.449. The van der Waals surface area contributed by atoms with E-state index in [0.717, 1.165) is 5.56 Å². The molecule has 82 valence electrons. The number of hydrogen-bond acceptors (Lipinski definition) is 3. The fraction of sp³-hybridized carbons (Fsp3) is 0.455. The molecular formula is C11H15NO2S. The Labute approximate surface area is 93.5 Å². The summed E-state index contributed by atoms with van der Waals surface area (Å²) in [7, 11) is 0. The summed E-state index contributed by atoms with van der Waals surface area (Å²) >= 11 is 1.40. The lowest BCUT2D eigenvalue weighted by molar-refractivity contribution is -0.120. The Morgan fingerprint density at radius 2 is 2.20 bits per heavy atom. The fourth-order valence-corrected chi connectivity index (χ4v) is 2.08. The Kier molecular flexibility index (Phi) is 4.03. The van der Waals surface area contributed by atoms with Crippen LogP contribution in [0.3, 0.4) is 0 Å². The standard InChI is InChI=1S/C11H15NO2S/c1-4-9(13)8(3)12-11(14)10-7(2)5-6-15-10/h5-6,8H,4H2,1-3H3,(H,12,14). The van der Waals surface area contributed by atoms with E-state index in [1.165, 1.54) is 11.3 Å². The molecule has 1 aromatic heterocycles. The molecule has 0 aliphatic rings. The maximum Gasteiger partial charge on any atom is 0.262 e. The maximum atomic E-state index is 11.7. The molecule has 4 heteroatoms. The van der Waals surface area contributed by atoms with Crippen LogP contribution in [-0.4, -0.2) is 17.7 Å². The van der Waals surface area contributed by atoms with E-state index in [9.17, 15) is 9.59 Å². The Morgan fingerprint density at radius 1 is 1.53 bits per heavy atom. The van der Waals surface area contributed by atoms with E-state index in [1.54, 1.807) is 13.8 Å². The Hall–Kier alpha value is -1.16. The molecule has 0 saturated heterocycles. The summed E-state index contributed by atoms with van der Waals surface area (Å²) in [6.45, 7) is 5.39. The van der Waals surface area contributed by atoms with Crippen molar-refractivity contribution < 1.29 is 9.59 Å². The molecule has 0 aliphatic heterocycles. The second-order valence-electron chi connectivity index (χ2n) is 3.45. The van der Waals surface area contributed by atoms with Gasteiger partial charge in [0.05, 0.1) is 10.9 Å². The molecule has 1 heterocycles. The fourth-order valence-electron chi connectivity index (χ4n) is 1.25. The largest absolute Gasteiger partial charge is 0.342 e. The average Bonchev–Trinajstić information content (AvgIpc) is 2.63. The van der Waals surface area contributed by atoms with Gasteiger partial charge in [-0.2, -0.15) is 0 Å². The van der Waals surface area contributed by atoms with Crippen molar-refractivity contribution in [3.8, 4) is 0 Å². The summed E-state index contributed by atoms with van der Waals surface area (Å²) in [5.41, 5.74) is 0.952. The molecule has 0 saturated carbocycles. The van der Waals surface area contributed by atoms with Gasteiger partial charge in [0, 0.05) is 6.42 Å². The molecule has 1 N–H and O–H groups in total. The number of thiophene rings is 1. The van der Waals surface area contributed by atoms with E-state index in [4.69, 9.17) is 0 Å². The highest BCUT2D eigenvalue weighted by Gasteiger charge is 2.16. The third-order valence-corrected chi connectivity index (χ3v) is 3.26. The van der Waals surface area contributed by atoms with Gasteiger partial charge in [-0.05, 0) is 30.9 Å². The first-order chi connectivity index (χ1) is 7.06. The number of carbonyl (C=O) groups excluding carboxylic acids is 2. The monoisotopic (exact) mass is 225 g/mol. The quantitative estimate of drug-likeness (QED) is 0.853. The summed E-state index contributed by atoms with van der Waals surface area (Å²) < 4.78 is 0. The molecular weight excluding hydrogens is 210 g/mol. The first-order valence-corrected chi connectivity index (χ1v) is 5.82. The second-order valence-corrected chi connectivity index (χ2v) is 4.36. The van der Waals surface area contributed by atoms with Crippen LogP contribution in [0.1, 0.15) is 35.5 Å². The molecule has 0 spiro atoms. The number of Topliss-reactive ketones (excluding diaryl/α,β-unsaturated/α-hetero) is 1. The summed E-state index contributed by atoms with van der Waals surface area (Å²) in [5, 5.41) is 4.57. The van der Waals surface area contributed by atoms with E-state index >= 15 is 0 Å². The topological polar surface area (TPSA) is 46.2 Å². The lowest BCUT2D eigenvalue weighted by Gasteiger charge is -2.11. The van der Waals surface area contributed by atoms with Crippen LogP contribution in [0.5, 0.6) is 0 Å². The molecule has 1 aromatic rings. The predicted octanol–water partition coefficient (Wildman–Crippen LogP) is 2.15. The Balaban J connectivity index is 2.64. The number of carbonyl (C=O) groups is 2. The van der Waals surface area contributed by atoms with Crippen LogP contribution >= 0.6 is 11.3 Å². The third kappa shape index (κ3) is 2.89. The van der Waals surface area contributed by atoms with E-state index < -0.39 is 6.04 Å². The molecule has 1 unspecified atom stereocenters. The van der Waals surface area contributed by atoms with Crippen LogP contribution in [-0.2, 0) is 4.79 Å². The molecule has 1 atom stereocenters. The second kappa shape index (κ2) is 5.07. The van der Waals surface area contributed by atoms with Gasteiger partial charge in [-0.25, -0.2) is 0 Å². The highest BCUT2D eigenvalue weighted by molar-refractivity contribution is 7.12. The smallest absolute Gasteiger partial charge is 0.262 e. The van der Waals surface area contributed by atoms with Crippen LogP contribution in [0.4, 0.5) is 0 Å². The van der Waals surface area contributed by atoms with Crippen molar-refractivity contribution >= 4 is 23.0 Å². The summed E-state index contributed by atoms with van der Waals surface area (Å²) in [6, 6.07) is 1.50. The number of amides is 1. The molecule has 1 amide bonds. The molecule has 15 heavy (non-hydrogen) atoms. The molecule has 0 fully saturated rings. The Bertz CT molecular complexity index is 370. The summed E-state index contributed by atoms with van der Waals surface area (Å²) in [4.78, 5) is 23.7. The van der Waals surface area contributed by atoms with Gasteiger partial charge in [-0.3, -0.25) is 9.59 Å². The minimum absolute atomic E-state index is 0.0533. The van der Waals surface area contributed by atoms with Gasteiger partial charge < -0.3 is 5.32 Å². The van der Waals surface area contributed by atoms with Crippen LogP contribution in [0, 0.1) is 6.92 Å². The van der Waals surface area contributed by atoms with E-state index in [2.05, 4.69) is 5.32 Å². The molecule has 0 bridgehead atoms. The maximum absolute atomic E-state index is 11.7. The van der Waals surface area contributed by atoms with Crippen molar-refractivity contribution in [2.24, 2.45) is 0 Å². The lowest BCUT2D eigenvalue weighted by Crippen LogP contribution is -2.38. The van der Waals surface area contributed by atoms with Crippen LogP contribution in [0.15, 0.2) is 11.4 Å². The van der Waals surface area contributed by atoms with Gasteiger partial charge in [0.25, 0.3) is 5.91 Å². The highest BCUT2D eigenvalue weighted by atomic mass is 32.1. The van der Waals surface area contributed by atoms with Crippen LogP contribution < -0.4 is 5.32 Å². The molecule has 3 nitrogen and oxygen atoms in total. The molecule has 0 aromatic carbocycles. The van der Waals surface area contributed by atoms with Crippen molar-refractivity contribution in [3.05, 3.63) is 21.9 Å².